The molecule has 0 bridgehead atoms. The van der Waals surface area contributed by atoms with E-state index >= 15 is 0 Å². The molecule has 1 saturated heterocycles. The third-order valence-corrected chi connectivity index (χ3v) is 1.90. The molecule has 0 radical (unpaired) electrons. The number of aliphatic hydroxyl groups is 1. The molecule has 1 fully saturated rings. The van der Waals surface area contributed by atoms with Crippen molar-refractivity contribution in [1.82, 2.24) is 0 Å². The molecule has 0 aromatic rings. The van der Waals surface area contributed by atoms with Crippen molar-refractivity contribution in [2.75, 3.05) is 19.8 Å². The van der Waals surface area contributed by atoms with Crippen molar-refractivity contribution in [3.8, 4) is 0 Å². The second-order valence-electron chi connectivity index (χ2n) is 2.94. The lowest BCUT2D eigenvalue weighted by atomic mass is 10.1. The maximum atomic E-state index is 8.59. The van der Waals surface area contributed by atoms with E-state index in [0.29, 0.717) is 13.2 Å². The minimum Gasteiger partial charge on any atom is -0.392 e. The van der Waals surface area contributed by atoms with E-state index in [9.17, 15) is 0 Å². The van der Waals surface area contributed by atoms with Gasteiger partial charge in [-0.2, -0.15) is 0 Å². The summed E-state index contributed by atoms with van der Waals surface area (Å²) in [5.74, 6) is 0. The number of allylic oxidation sites excluding steroid dienone is 1. The van der Waals surface area contributed by atoms with Crippen LogP contribution in [0.15, 0.2) is 11.6 Å². The van der Waals surface area contributed by atoms with Gasteiger partial charge in [0.15, 0.2) is 6.29 Å². The first-order valence-corrected chi connectivity index (χ1v) is 4.32. The van der Waals surface area contributed by atoms with Crippen molar-refractivity contribution in [3.05, 3.63) is 11.6 Å². The molecule has 0 aromatic carbocycles. The van der Waals surface area contributed by atoms with E-state index in [1.54, 1.807) is 0 Å². The maximum Gasteiger partial charge on any atom is 0.158 e. The van der Waals surface area contributed by atoms with Crippen molar-refractivity contribution < 1.29 is 14.6 Å². The molecular formula is C9H16O3. The molecule has 0 aliphatic carbocycles. The Morgan fingerprint density at radius 3 is 2.75 bits per heavy atom. The Kier molecular flexibility index (Phi) is 4.29. The highest BCUT2D eigenvalue weighted by atomic mass is 16.7. The minimum absolute atomic E-state index is 0.0213. The van der Waals surface area contributed by atoms with Crippen molar-refractivity contribution in [2.45, 2.75) is 26.1 Å². The molecule has 0 aromatic heterocycles. The van der Waals surface area contributed by atoms with Crippen molar-refractivity contribution >= 4 is 0 Å². The van der Waals surface area contributed by atoms with Gasteiger partial charge in [0, 0.05) is 6.42 Å². The fraction of sp³-hybridized carbons (Fsp3) is 0.778. The van der Waals surface area contributed by atoms with Crippen LogP contribution in [0.2, 0.25) is 0 Å². The van der Waals surface area contributed by atoms with Crippen molar-refractivity contribution in [2.24, 2.45) is 0 Å². The SMILES string of the molecule is C/C(=C/CO)CCC1OCCO1. The Morgan fingerprint density at radius 1 is 1.50 bits per heavy atom. The van der Waals surface area contributed by atoms with Crippen LogP contribution < -0.4 is 0 Å². The molecule has 0 amide bonds. The highest BCUT2D eigenvalue weighted by Gasteiger charge is 2.14. The van der Waals surface area contributed by atoms with Gasteiger partial charge in [-0.25, -0.2) is 0 Å². The van der Waals surface area contributed by atoms with E-state index in [4.69, 9.17) is 14.6 Å². The van der Waals surface area contributed by atoms with Crippen LogP contribution in [0.3, 0.4) is 0 Å². The number of ether oxygens (including phenoxy) is 2. The van der Waals surface area contributed by atoms with Gasteiger partial charge >= 0.3 is 0 Å². The minimum atomic E-state index is -0.0213. The summed E-state index contributed by atoms with van der Waals surface area (Å²) < 4.78 is 10.5. The molecule has 12 heavy (non-hydrogen) atoms. The zero-order valence-electron chi connectivity index (χ0n) is 7.45. The van der Waals surface area contributed by atoms with E-state index < -0.39 is 0 Å². The molecule has 0 unspecified atom stereocenters. The predicted octanol–water partition coefficient (Wildman–Crippen LogP) is 1.08. The first-order chi connectivity index (χ1) is 5.83. The van der Waals surface area contributed by atoms with Crippen LogP contribution in [0.4, 0.5) is 0 Å². The second kappa shape index (κ2) is 5.30. The summed E-state index contributed by atoms with van der Waals surface area (Å²) >= 11 is 0. The van der Waals surface area contributed by atoms with Crippen molar-refractivity contribution in [1.29, 1.82) is 0 Å². The molecule has 1 heterocycles. The van der Waals surface area contributed by atoms with Crippen LogP contribution in [0.5, 0.6) is 0 Å². The van der Waals surface area contributed by atoms with Gasteiger partial charge in [-0.1, -0.05) is 11.6 Å². The quantitative estimate of drug-likeness (QED) is 0.645. The molecular weight excluding hydrogens is 156 g/mol. The van der Waals surface area contributed by atoms with E-state index in [0.717, 1.165) is 12.8 Å². The Bertz CT molecular complexity index is 148. The third kappa shape index (κ3) is 3.34. The van der Waals surface area contributed by atoms with Gasteiger partial charge in [-0.15, -0.1) is 0 Å². The molecule has 1 aliphatic heterocycles. The van der Waals surface area contributed by atoms with E-state index in [-0.39, 0.29) is 12.9 Å². The number of hydrogen-bond donors (Lipinski definition) is 1. The summed E-state index contributed by atoms with van der Waals surface area (Å²) in [5.41, 5.74) is 1.19. The first-order valence-electron chi connectivity index (χ1n) is 4.32. The largest absolute Gasteiger partial charge is 0.392 e. The summed E-state index contributed by atoms with van der Waals surface area (Å²) in [6.45, 7) is 3.56. The molecule has 1 rings (SSSR count). The standard InChI is InChI=1S/C9H16O3/c1-8(4-5-10)2-3-9-11-6-7-12-9/h4,9-10H,2-3,5-7H2,1H3/b8-4-. The average molecular weight is 172 g/mol. The molecule has 0 saturated carbocycles. The van der Waals surface area contributed by atoms with Crippen LogP contribution in [0, 0.1) is 0 Å². The van der Waals surface area contributed by atoms with Crippen LogP contribution in [0.25, 0.3) is 0 Å². The monoisotopic (exact) mass is 172 g/mol. The lowest BCUT2D eigenvalue weighted by molar-refractivity contribution is -0.0462. The normalized spacial score (nSPS) is 20.3. The Morgan fingerprint density at radius 2 is 2.17 bits per heavy atom. The summed E-state index contributed by atoms with van der Waals surface area (Å²) in [7, 11) is 0. The van der Waals surface area contributed by atoms with Gasteiger partial charge < -0.3 is 14.6 Å². The third-order valence-electron chi connectivity index (χ3n) is 1.90. The first kappa shape index (κ1) is 9.71. The zero-order valence-corrected chi connectivity index (χ0v) is 7.45. The Balaban J connectivity index is 2.11. The fourth-order valence-electron chi connectivity index (χ4n) is 1.18. The summed E-state index contributed by atoms with van der Waals surface area (Å²) in [6.07, 6.45) is 3.62. The van der Waals surface area contributed by atoms with Gasteiger partial charge in [0.2, 0.25) is 0 Å². The lowest BCUT2D eigenvalue weighted by Crippen LogP contribution is -2.06. The number of hydrogen-bond acceptors (Lipinski definition) is 3. The summed E-state index contributed by atoms with van der Waals surface area (Å²) in [5, 5.41) is 8.59. The van der Waals surface area contributed by atoms with Gasteiger partial charge in [-0.3, -0.25) is 0 Å². The topological polar surface area (TPSA) is 38.7 Å². The maximum absolute atomic E-state index is 8.59. The van der Waals surface area contributed by atoms with Crippen LogP contribution >= 0.6 is 0 Å². The van der Waals surface area contributed by atoms with Gasteiger partial charge in [0.25, 0.3) is 0 Å². The molecule has 0 spiro atoms. The summed E-state index contributed by atoms with van der Waals surface area (Å²) in [4.78, 5) is 0. The van der Waals surface area contributed by atoms with Gasteiger partial charge in [0.05, 0.1) is 19.8 Å². The van der Waals surface area contributed by atoms with E-state index in [2.05, 4.69) is 0 Å². The highest BCUT2D eigenvalue weighted by molar-refractivity contribution is 4.97. The van der Waals surface area contributed by atoms with Gasteiger partial charge in [0.1, 0.15) is 0 Å². The number of rotatable bonds is 4. The highest BCUT2D eigenvalue weighted by Crippen LogP contribution is 2.13. The summed E-state index contributed by atoms with van der Waals surface area (Å²) in [6, 6.07) is 0. The zero-order chi connectivity index (χ0) is 8.81. The fourth-order valence-corrected chi connectivity index (χ4v) is 1.18. The van der Waals surface area contributed by atoms with E-state index in [1.165, 1.54) is 5.57 Å². The number of aliphatic hydroxyl groups excluding tert-OH is 1. The predicted molar refractivity (Wildman–Crippen MR) is 45.8 cm³/mol. The smallest absolute Gasteiger partial charge is 0.158 e. The Labute approximate surface area is 73.0 Å². The molecule has 3 nitrogen and oxygen atoms in total. The lowest BCUT2D eigenvalue weighted by Gasteiger charge is -2.08. The van der Waals surface area contributed by atoms with Crippen LogP contribution in [-0.2, 0) is 9.47 Å². The van der Waals surface area contributed by atoms with E-state index in [1.807, 2.05) is 13.0 Å². The average Bonchev–Trinajstić information content (AvgIpc) is 2.53. The van der Waals surface area contributed by atoms with Crippen LogP contribution in [-0.4, -0.2) is 31.2 Å². The molecule has 1 aliphatic rings. The molecule has 3 heteroatoms. The second-order valence-corrected chi connectivity index (χ2v) is 2.94. The molecule has 1 N–H and O–H groups in total. The van der Waals surface area contributed by atoms with Crippen molar-refractivity contribution in [3.63, 3.8) is 0 Å². The molecule has 70 valence electrons. The molecule has 0 atom stereocenters. The van der Waals surface area contributed by atoms with Gasteiger partial charge in [-0.05, 0) is 13.3 Å². The Hall–Kier alpha value is -0.380. The van der Waals surface area contributed by atoms with Crippen LogP contribution in [0.1, 0.15) is 19.8 Å².